The second-order valence-corrected chi connectivity index (χ2v) is 2.41. The second-order valence-electron chi connectivity index (χ2n) is 2.41. The first-order valence-corrected chi connectivity index (χ1v) is 3.55. The van der Waals surface area contributed by atoms with Crippen molar-refractivity contribution < 1.29 is 31.1 Å². The number of ether oxygens (including phenoxy) is 1. The highest BCUT2D eigenvalue weighted by Crippen LogP contribution is 2.35. The first kappa shape index (κ1) is 13.3. The Balaban J connectivity index is 4.35. The Bertz CT molecular complexity index is 168. The molecule has 0 aliphatic carbocycles. The van der Waals surface area contributed by atoms with Gasteiger partial charge in [-0.2, -0.15) is 26.3 Å². The molecule has 0 aromatic carbocycles. The van der Waals surface area contributed by atoms with Crippen LogP contribution in [0.5, 0.6) is 0 Å². The van der Waals surface area contributed by atoms with Gasteiger partial charge in [-0.15, -0.1) is 6.58 Å². The first-order chi connectivity index (χ1) is 6.19. The molecule has 0 spiro atoms. The van der Waals surface area contributed by atoms with Crippen LogP contribution in [0.1, 0.15) is 6.42 Å². The molecule has 0 aliphatic heterocycles. The molecule has 0 radical (unpaired) electrons. The summed E-state index contributed by atoms with van der Waals surface area (Å²) in [7, 11) is 0. The van der Waals surface area contributed by atoms with Crippen molar-refractivity contribution in [3.8, 4) is 0 Å². The van der Waals surface area contributed by atoms with E-state index in [1.807, 2.05) is 0 Å². The van der Waals surface area contributed by atoms with Gasteiger partial charge in [-0.1, -0.05) is 6.08 Å². The van der Waals surface area contributed by atoms with E-state index in [9.17, 15) is 26.3 Å². The molecule has 0 rings (SSSR count). The highest BCUT2D eigenvalue weighted by Gasteiger charge is 2.57. The maximum atomic E-state index is 11.8. The van der Waals surface area contributed by atoms with Crippen molar-refractivity contribution in [2.24, 2.45) is 0 Å². The fraction of sp³-hybridized carbons (Fsp3) is 0.714. The summed E-state index contributed by atoms with van der Waals surface area (Å²) in [5.41, 5.74) is 0. The normalized spacial score (nSPS) is 13.4. The molecule has 0 aromatic heterocycles. The molecule has 0 saturated heterocycles. The minimum absolute atomic E-state index is 0.0668. The van der Waals surface area contributed by atoms with Crippen LogP contribution in [-0.2, 0) is 4.74 Å². The summed E-state index contributed by atoms with van der Waals surface area (Å²) in [6.07, 6.45) is -13.5. The van der Waals surface area contributed by atoms with E-state index < -0.39 is 25.1 Å². The molecule has 0 unspecified atom stereocenters. The Morgan fingerprint density at radius 1 is 1.07 bits per heavy atom. The fourth-order valence-corrected chi connectivity index (χ4v) is 0.644. The summed E-state index contributed by atoms with van der Waals surface area (Å²) in [4.78, 5) is 0. The van der Waals surface area contributed by atoms with Gasteiger partial charge in [-0.05, 0) is 6.42 Å². The van der Waals surface area contributed by atoms with Gasteiger partial charge in [0.1, 0.15) is 0 Å². The van der Waals surface area contributed by atoms with Crippen LogP contribution in [0.15, 0.2) is 12.7 Å². The molecule has 0 fully saturated rings. The minimum atomic E-state index is -5.43. The molecule has 0 heterocycles. The number of hydrogen-bond donors (Lipinski definition) is 0. The van der Waals surface area contributed by atoms with Crippen LogP contribution in [0, 0.1) is 0 Å². The fourth-order valence-electron chi connectivity index (χ4n) is 0.644. The summed E-state index contributed by atoms with van der Waals surface area (Å²) in [6.45, 7) is 2.48. The summed E-state index contributed by atoms with van der Waals surface area (Å²) >= 11 is 0. The SMILES string of the molecule is C=CCCOC(C(F)(F)F)C(F)(F)F. The highest BCUT2D eigenvalue weighted by molar-refractivity contribution is 4.76. The Morgan fingerprint density at radius 2 is 1.50 bits per heavy atom. The van der Waals surface area contributed by atoms with Gasteiger partial charge >= 0.3 is 12.4 Å². The Kier molecular flexibility index (Phi) is 4.44. The molecule has 7 heteroatoms. The largest absolute Gasteiger partial charge is 0.423 e. The molecule has 84 valence electrons. The van der Waals surface area contributed by atoms with E-state index in [4.69, 9.17) is 0 Å². The van der Waals surface area contributed by atoms with E-state index in [1.165, 1.54) is 6.08 Å². The van der Waals surface area contributed by atoms with Gasteiger partial charge in [0.25, 0.3) is 0 Å². The van der Waals surface area contributed by atoms with Gasteiger partial charge in [0, 0.05) is 0 Å². The number of alkyl halides is 6. The summed E-state index contributed by atoms with van der Waals surface area (Å²) in [5.74, 6) is 0. The monoisotopic (exact) mass is 222 g/mol. The summed E-state index contributed by atoms with van der Waals surface area (Å²) < 4.78 is 74.3. The zero-order valence-electron chi connectivity index (χ0n) is 6.95. The molecular formula is C7H8F6O. The third kappa shape index (κ3) is 4.50. The average molecular weight is 222 g/mol. The third-order valence-corrected chi connectivity index (χ3v) is 1.20. The average Bonchev–Trinajstić information content (AvgIpc) is 1.92. The van der Waals surface area contributed by atoms with Crippen LogP contribution in [0.2, 0.25) is 0 Å². The molecule has 0 aromatic rings. The van der Waals surface area contributed by atoms with Crippen molar-refractivity contribution in [2.45, 2.75) is 24.9 Å². The van der Waals surface area contributed by atoms with E-state index >= 15 is 0 Å². The molecule has 0 atom stereocenters. The lowest BCUT2D eigenvalue weighted by atomic mass is 10.3. The molecule has 0 bridgehead atoms. The van der Waals surface area contributed by atoms with Crippen LogP contribution >= 0.6 is 0 Å². The van der Waals surface area contributed by atoms with E-state index in [0.717, 1.165) is 0 Å². The highest BCUT2D eigenvalue weighted by atomic mass is 19.4. The van der Waals surface area contributed by atoms with E-state index in [0.29, 0.717) is 0 Å². The standard InChI is InChI=1S/C7H8F6O/c1-2-3-4-14-5(6(8,9)10)7(11,12)13/h2,5H,1,3-4H2. The lowest BCUT2D eigenvalue weighted by molar-refractivity contribution is -0.321. The molecule has 0 N–H and O–H groups in total. The Morgan fingerprint density at radius 3 is 1.79 bits per heavy atom. The lowest BCUT2D eigenvalue weighted by Gasteiger charge is -2.22. The predicted octanol–water partition coefficient (Wildman–Crippen LogP) is 3.07. The van der Waals surface area contributed by atoms with E-state index in [-0.39, 0.29) is 6.42 Å². The van der Waals surface area contributed by atoms with Crippen molar-refractivity contribution in [1.82, 2.24) is 0 Å². The number of rotatable bonds is 4. The van der Waals surface area contributed by atoms with Crippen molar-refractivity contribution in [2.75, 3.05) is 6.61 Å². The minimum Gasteiger partial charge on any atom is -0.361 e. The van der Waals surface area contributed by atoms with Gasteiger partial charge in [-0.3, -0.25) is 0 Å². The van der Waals surface area contributed by atoms with Crippen LogP contribution in [0.4, 0.5) is 26.3 Å². The van der Waals surface area contributed by atoms with Crippen molar-refractivity contribution >= 4 is 0 Å². The lowest BCUT2D eigenvalue weighted by Crippen LogP contribution is -2.44. The summed E-state index contributed by atoms with van der Waals surface area (Å²) in [5, 5.41) is 0. The van der Waals surface area contributed by atoms with Crippen molar-refractivity contribution in [3.63, 3.8) is 0 Å². The number of hydrogen-bond acceptors (Lipinski definition) is 1. The van der Waals surface area contributed by atoms with Crippen molar-refractivity contribution in [3.05, 3.63) is 12.7 Å². The van der Waals surface area contributed by atoms with Gasteiger partial charge in [0.05, 0.1) is 6.61 Å². The molecular weight excluding hydrogens is 214 g/mol. The molecule has 1 nitrogen and oxygen atoms in total. The third-order valence-electron chi connectivity index (χ3n) is 1.20. The molecule has 0 saturated carbocycles. The van der Waals surface area contributed by atoms with Crippen molar-refractivity contribution in [1.29, 1.82) is 0 Å². The topological polar surface area (TPSA) is 9.23 Å². The van der Waals surface area contributed by atoms with Crippen LogP contribution in [-0.4, -0.2) is 25.1 Å². The van der Waals surface area contributed by atoms with Gasteiger partial charge in [0.15, 0.2) is 0 Å². The van der Waals surface area contributed by atoms with Gasteiger partial charge in [-0.25, -0.2) is 0 Å². The summed E-state index contributed by atoms with van der Waals surface area (Å²) in [6, 6.07) is 0. The Hall–Kier alpha value is -0.720. The number of halogens is 6. The molecule has 14 heavy (non-hydrogen) atoms. The van der Waals surface area contributed by atoms with Crippen LogP contribution in [0.25, 0.3) is 0 Å². The van der Waals surface area contributed by atoms with Crippen LogP contribution in [0.3, 0.4) is 0 Å². The Labute approximate surface area is 76.3 Å². The second kappa shape index (κ2) is 4.68. The predicted molar refractivity (Wildman–Crippen MR) is 36.7 cm³/mol. The first-order valence-electron chi connectivity index (χ1n) is 3.55. The van der Waals surface area contributed by atoms with Gasteiger partial charge < -0.3 is 4.74 Å². The van der Waals surface area contributed by atoms with E-state index in [2.05, 4.69) is 11.3 Å². The van der Waals surface area contributed by atoms with Gasteiger partial charge in [0.2, 0.25) is 6.10 Å². The maximum absolute atomic E-state index is 11.8. The smallest absolute Gasteiger partial charge is 0.361 e. The molecule has 0 amide bonds. The molecule has 0 aliphatic rings. The van der Waals surface area contributed by atoms with Crippen LogP contribution < -0.4 is 0 Å². The zero-order valence-corrected chi connectivity index (χ0v) is 6.95. The van der Waals surface area contributed by atoms with E-state index in [1.54, 1.807) is 0 Å². The quantitative estimate of drug-likeness (QED) is 0.403. The maximum Gasteiger partial charge on any atom is 0.423 e. The zero-order chi connectivity index (χ0) is 11.4.